The molecule has 0 aliphatic rings. The first kappa shape index (κ1) is 29.5. The third-order valence-corrected chi connectivity index (χ3v) is 11.1. The van der Waals surface area contributed by atoms with Crippen molar-refractivity contribution in [3.05, 3.63) is 188 Å². The summed E-state index contributed by atoms with van der Waals surface area (Å²) in [6.07, 6.45) is 0. The molecule has 0 unspecified atom stereocenters. The minimum absolute atomic E-state index is 0.877. The van der Waals surface area contributed by atoms with Gasteiger partial charge in [0.1, 0.15) is 11.2 Å². The Bertz CT molecular complexity index is 2830. The fourth-order valence-electron chi connectivity index (χ4n) is 7.42. The van der Waals surface area contributed by atoms with Crippen LogP contribution in [0, 0.1) is 0 Å². The van der Waals surface area contributed by atoms with Crippen LogP contribution in [0.3, 0.4) is 0 Å². The van der Waals surface area contributed by atoms with Gasteiger partial charge in [-0.3, -0.25) is 0 Å². The minimum atomic E-state index is 0.877. The number of benzene rings is 8. The van der Waals surface area contributed by atoms with Gasteiger partial charge in [0.2, 0.25) is 0 Å². The maximum absolute atomic E-state index is 6.42. The lowest BCUT2D eigenvalue weighted by Crippen LogP contribution is -2.10. The van der Waals surface area contributed by atoms with E-state index >= 15 is 0 Å². The maximum Gasteiger partial charge on any atom is 0.137 e. The Morgan fingerprint density at radius 1 is 0.392 bits per heavy atom. The summed E-state index contributed by atoms with van der Waals surface area (Å²) < 4.78 is 8.95. The van der Waals surface area contributed by atoms with E-state index in [1.807, 2.05) is 23.5 Å². The van der Waals surface area contributed by atoms with Crippen LogP contribution in [0.1, 0.15) is 0 Å². The van der Waals surface area contributed by atoms with E-state index in [4.69, 9.17) is 4.42 Å². The predicted molar refractivity (Wildman–Crippen MR) is 218 cm³/mol. The molecule has 3 heteroatoms. The molecule has 0 spiro atoms. The van der Waals surface area contributed by atoms with Crippen molar-refractivity contribution in [3.63, 3.8) is 0 Å². The van der Waals surface area contributed by atoms with Crippen LogP contribution in [0.4, 0.5) is 17.1 Å². The number of rotatable bonds is 6. The second-order valence-corrected chi connectivity index (χ2v) is 14.0. The molecule has 2 aromatic heterocycles. The third kappa shape index (κ3) is 5.10. The van der Waals surface area contributed by atoms with Gasteiger partial charge in [-0.2, -0.15) is 0 Å². The second-order valence-electron chi connectivity index (χ2n) is 12.9. The van der Waals surface area contributed by atoms with E-state index in [0.717, 1.165) is 39.0 Å². The highest BCUT2D eigenvalue weighted by Gasteiger charge is 2.22. The van der Waals surface area contributed by atoms with Crippen molar-refractivity contribution >= 4 is 70.5 Å². The van der Waals surface area contributed by atoms with Gasteiger partial charge < -0.3 is 9.32 Å². The molecule has 51 heavy (non-hydrogen) atoms. The Hall–Kier alpha value is -6.42. The quantitative estimate of drug-likeness (QED) is 0.175. The molecule has 0 saturated heterocycles. The molecule has 0 bridgehead atoms. The topological polar surface area (TPSA) is 16.4 Å². The zero-order valence-corrected chi connectivity index (χ0v) is 28.5. The van der Waals surface area contributed by atoms with Crippen LogP contribution in [0.25, 0.3) is 75.5 Å². The van der Waals surface area contributed by atoms with E-state index in [1.54, 1.807) is 0 Å². The molecule has 0 amide bonds. The number of anilines is 3. The Kier molecular flexibility index (Phi) is 7.04. The molecule has 0 N–H and O–H groups in total. The summed E-state index contributed by atoms with van der Waals surface area (Å²) in [6.45, 7) is 0. The molecule has 8 aromatic carbocycles. The van der Waals surface area contributed by atoms with E-state index in [0.29, 0.717) is 0 Å². The summed E-state index contributed by atoms with van der Waals surface area (Å²) in [7, 11) is 0. The summed E-state index contributed by atoms with van der Waals surface area (Å²) >= 11 is 1.86. The average Bonchev–Trinajstić information content (AvgIpc) is 3.78. The van der Waals surface area contributed by atoms with Crippen molar-refractivity contribution in [2.75, 3.05) is 4.90 Å². The molecular formula is C48H31NOS. The SMILES string of the molecule is c1ccc(-c2ccc(-c3ccc(N(c4ccc5c(c4)oc4ccccc45)c4ccc(-c5ccccc5)c5c4sc4ccccc45)cc3)cc2)cc1. The normalized spacial score (nSPS) is 11.5. The van der Waals surface area contributed by atoms with Crippen LogP contribution in [0.15, 0.2) is 192 Å². The smallest absolute Gasteiger partial charge is 0.137 e. The number of nitrogens with zero attached hydrogens (tertiary/aromatic N) is 1. The fourth-order valence-corrected chi connectivity index (χ4v) is 8.65. The number of hydrogen-bond donors (Lipinski definition) is 0. The van der Waals surface area contributed by atoms with Crippen LogP contribution >= 0.6 is 11.3 Å². The van der Waals surface area contributed by atoms with Crippen LogP contribution in [-0.2, 0) is 0 Å². The van der Waals surface area contributed by atoms with Crippen molar-refractivity contribution in [3.8, 4) is 33.4 Å². The highest BCUT2D eigenvalue weighted by atomic mass is 32.1. The molecule has 0 atom stereocenters. The summed E-state index contributed by atoms with van der Waals surface area (Å²) in [6, 6.07) is 67.3. The zero-order valence-electron chi connectivity index (χ0n) is 27.7. The Morgan fingerprint density at radius 2 is 0.941 bits per heavy atom. The molecule has 0 aliphatic carbocycles. The molecule has 0 radical (unpaired) electrons. The molecule has 0 saturated carbocycles. The highest BCUT2D eigenvalue weighted by molar-refractivity contribution is 7.26. The predicted octanol–water partition coefficient (Wildman–Crippen LogP) is 14.4. The molecule has 2 heterocycles. The van der Waals surface area contributed by atoms with Crippen LogP contribution < -0.4 is 4.90 Å². The Labute approximate surface area is 300 Å². The molecule has 10 rings (SSSR count). The Balaban J connectivity index is 1.15. The van der Waals surface area contributed by atoms with Crippen molar-refractivity contribution in [1.29, 1.82) is 0 Å². The van der Waals surface area contributed by atoms with Gasteiger partial charge in [0, 0.05) is 43.7 Å². The Morgan fingerprint density at radius 3 is 1.67 bits per heavy atom. The summed E-state index contributed by atoms with van der Waals surface area (Å²) in [5.41, 5.74) is 12.3. The van der Waals surface area contributed by atoms with Crippen molar-refractivity contribution in [2.24, 2.45) is 0 Å². The second kappa shape index (κ2) is 12.2. The first-order chi connectivity index (χ1) is 25.3. The van der Waals surface area contributed by atoms with Gasteiger partial charge in [-0.15, -0.1) is 11.3 Å². The van der Waals surface area contributed by atoms with Gasteiger partial charge in [0.05, 0.1) is 10.4 Å². The third-order valence-electron chi connectivity index (χ3n) is 9.90. The largest absolute Gasteiger partial charge is 0.456 e. The highest BCUT2D eigenvalue weighted by Crippen LogP contribution is 2.49. The lowest BCUT2D eigenvalue weighted by atomic mass is 9.98. The molecule has 0 aliphatic heterocycles. The van der Waals surface area contributed by atoms with E-state index in [1.165, 1.54) is 53.6 Å². The first-order valence-electron chi connectivity index (χ1n) is 17.3. The van der Waals surface area contributed by atoms with E-state index < -0.39 is 0 Å². The van der Waals surface area contributed by atoms with Gasteiger partial charge in [-0.05, 0) is 75.8 Å². The molecular weight excluding hydrogens is 639 g/mol. The van der Waals surface area contributed by atoms with Crippen molar-refractivity contribution < 1.29 is 4.42 Å². The minimum Gasteiger partial charge on any atom is -0.456 e. The lowest BCUT2D eigenvalue weighted by molar-refractivity contribution is 0.669. The maximum atomic E-state index is 6.42. The number of thiophene rings is 1. The molecule has 2 nitrogen and oxygen atoms in total. The monoisotopic (exact) mass is 669 g/mol. The van der Waals surface area contributed by atoms with Gasteiger partial charge in [-0.1, -0.05) is 140 Å². The summed E-state index contributed by atoms with van der Waals surface area (Å²) in [4.78, 5) is 2.39. The summed E-state index contributed by atoms with van der Waals surface area (Å²) in [5.74, 6) is 0. The van der Waals surface area contributed by atoms with Crippen LogP contribution in [-0.4, -0.2) is 0 Å². The fraction of sp³-hybridized carbons (Fsp3) is 0. The van der Waals surface area contributed by atoms with E-state index in [9.17, 15) is 0 Å². The van der Waals surface area contributed by atoms with Crippen molar-refractivity contribution in [2.45, 2.75) is 0 Å². The lowest BCUT2D eigenvalue weighted by Gasteiger charge is -2.27. The van der Waals surface area contributed by atoms with Crippen molar-refractivity contribution in [1.82, 2.24) is 0 Å². The molecule has 10 aromatic rings. The first-order valence-corrected chi connectivity index (χ1v) is 18.1. The zero-order chi connectivity index (χ0) is 33.7. The van der Waals surface area contributed by atoms with Crippen LogP contribution in [0.2, 0.25) is 0 Å². The van der Waals surface area contributed by atoms with E-state index in [-0.39, 0.29) is 0 Å². The molecule has 240 valence electrons. The van der Waals surface area contributed by atoms with Gasteiger partial charge in [0.25, 0.3) is 0 Å². The number of fused-ring (bicyclic) bond motifs is 6. The van der Waals surface area contributed by atoms with Crippen LogP contribution in [0.5, 0.6) is 0 Å². The van der Waals surface area contributed by atoms with Gasteiger partial charge in [-0.25, -0.2) is 0 Å². The standard InChI is InChI=1S/C48H31NOS/c1-3-11-32(12-4-1)33-19-21-34(22-20-33)35-23-25-37(26-24-35)49(38-27-28-41-40-15-7-9-17-44(40)50-45(41)31-38)43-30-29-39(36-13-5-2-6-14-36)47-42-16-8-10-18-46(42)51-48(43)47/h1-31H. The van der Waals surface area contributed by atoms with Gasteiger partial charge >= 0.3 is 0 Å². The van der Waals surface area contributed by atoms with E-state index in [2.05, 4.69) is 181 Å². The number of furan rings is 1. The van der Waals surface area contributed by atoms with Gasteiger partial charge in [0.15, 0.2) is 0 Å². The number of hydrogen-bond acceptors (Lipinski definition) is 3. The average molecular weight is 670 g/mol. The molecule has 0 fully saturated rings. The summed E-state index contributed by atoms with van der Waals surface area (Å²) in [5, 5.41) is 4.81. The number of para-hydroxylation sites is 1.